The lowest BCUT2D eigenvalue weighted by atomic mass is 9.63. The zero-order valence-corrected chi connectivity index (χ0v) is 15.2. The maximum absolute atomic E-state index is 12.1. The molecule has 144 valence electrons. The molecule has 2 aromatic carbocycles. The summed E-state index contributed by atoms with van der Waals surface area (Å²) >= 11 is 0. The van der Waals surface area contributed by atoms with Gasteiger partial charge in [0.15, 0.2) is 23.0 Å². The van der Waals surface area contributed by atoms with Gasteiger partial charge in [-0.1, -0.05) is 12.1 Å². The SMILES string of the molecule is CCOC(=O)C1CCC(c2ccc(O)c(O)c2)(c2ccc(O)c(O)c2)CC1. The third-order valence-corrected chi connectivity index (χ3v) is 5.52. The van der Waals surface area contributed by atoms with Crippen molar-refractivity contribution < 1.29 is 30.0 Å². The Bertz CT molecular complexity index is 783. The Morgan fingerprint density at radius 1 is 0.926 bits per heavy atom. The van der Waals surface area contributed by atoms with Crippen LogP contribution in [0.4, 0.5) is 0 Å². The molecule has 0 saturated heterocycles. The molecule has 27 heavy (non-hydrogen) atoms. The van der Waals surface area contributed by atoms with Crippen LogP contribution in [0, 0.1) is 5.92 Å². The molecule has 1 saturated carbocycles. The maximum atomic E-state index is 12.1. The highest BCUT2D eigenvalue weighted by Crippen LogP contribution is 2.49. The molecule has 1 aliphatic carbocycles. The van der Waals surface area contributed by atoms with Gasteiger partial charge in [0.2, 0.25) is 0 Å². The van der Waals surface area contributed by atoms with Crippen molar-refractivity contribution in [1.82, 2.24) is 0 Å². The first-order chi connectivity index (χ1) is 12.9. The molecule has 6 nitrogen and oxygen atoms in total. The van der Waals surface area contributed by atoms with Gasteiger partial charge < -0.3 is 25.2 Å². The van der Waals surface area contributed by atoms with Gasteiger partial charge in [0.1, 0.15) is 0 Å². The van der Waals surface area contributed by atoms with Crippen LogP contribution < -0.4 is 0 Å². The first kappa shape index (κ1) is 18.9. The van der Waals surface area contributed by atoms with Crippen LogP contribution >= 0.6 is 0 Å². The normalized spacial score (nSPS) is 16.8. The predicted molar refractivity (Wildman–Crippen MR) is 98.9 cm³/mol. The van der Waals surface area contributed by atoms with Gasteiger partial charge in [0.25, 0.3) is 0 Å². The average molecular weight is 372 g/mol. The number of ether oxygens (including phenoxy) is 1. The standard InChI is InChI=1S/C21H24O6/c1-2-27-20(26)13-7-9-21(10-8-13,14-3-5-16(22)18(24)11-14)15-4-6-17(23)19(25)12-15/h3-6,11-13,22-25H,2,7-10H2,1H3. The van der Waals surface area contributed by atoms with Crippen molar-refractivity contribution >= 4 is 5.97 Å². The number of phenols is 4. The van der Waals surface area contributed by atoms with Crippen LogP contribution in [0.25, 0.3) is 0 Å². The Morgan fingerprint density at radius 3 is 1.81 bits per heavy atom. The summed E-state index contributed by atoms with van der Waals surface area (Å²) in [7, 11) is 0. The minimum absolute atomic E-state index is 0.186. The van der Waals surface area contributed by atoms with Crippen LogP contribution in [0.2, 0.25) is 0 Å². The third kappa shape index (κ3) is 3.52. The molecule has 1 fully saturated rings. The van der Waals surface area contributed by atoms with E-state index in [-0.39, 0.29) is 34.9 Å². The van der Waals surface area contributed by atoms with Crippen molar-refractivity contribution in [2.75, 3.05) is 6.61 Å². The monoisotopic (exact) mass is 372 g/mol. The molecule has 0 aliphatic heterocycles. The number of carbonyl (C=O) groups is 1. The van der Waals surface area contributed by atoms with Gasteiger partial charge in [-0.15, -0.1) is 0 Å². The summed E-state index contributed by atoms with van der Waals surface area (Å²) in [5, 5.41) is 39.3. The number of aromatic hydroxyl groups is 4. The topological polar surface area (TPSA) is 107 Å². The summed E-state index contributed by atoms with van der Waals surface area (Å²) in [6, 6.07) is 9.38. The van der Waals surface area contributed by atoms with Gasteiger partial charge in [-0.3, -0.25) is 4.79 Å². The lowest BCUT2D eigenvalue weighted by Crippen LogP contribution is -2.35. The van der Waals surface area contributed by atoms with Gasteiger partial charge in [0, 0.05) is 5.41 Å². The highest BCUT2D eigenvalue weighted by molar-refractivity contribution is 5.72. The van der Waals surface area contributed by atoms with E-state index in [1.165, 1.54) is 24.3 Å². The lowest BCUT2D eigenvalue weighted by molar-refractivity contribution is -0.149. The van der Waals surface area contributed by atoms with Gasteiger partial charge in [-0.2, -0.15) is 0 Å². The molecular formula is C21H24O6. The van der Waals surface area contributed by atoms with Crippen molar-refractivity contribution in [1.29, 1.82) is 0 Å². The van der Waals surface area contributed by atoms with Gasteiger partial charge in [-0.25, -0.2) is 0 Å². The Morgan fingerprint density at radius 2 is 1.41 bits per heavy atom. The van der Waals surface area contributed by atoms with Crippen LogP contribution in [0.3, 0.4) is 0 Å². The fourth-order valence-corrected chi connectivity index (χ4v) is 3.99. The second-order valence-electron chi connectivity index (χ2n) is 7.02. The molecule has 2 aromatic rings. The van der Waals surface area contributed by atoms with Crippen LogP contribution in [0.1, 0.15) is 43.7 Å². The number of carbonyl (C=O) groups excluding carboxylic acids is 1. The lowest BCUT2D eigenvalue weighted by Gasteiger charge is -2.41. The van der Waals surface area contributed by atoms with Gasteiger partial charge in [0.05, 0.1) is 12.5 Å². The fourth-order valence-electron chi connectivity index (χ4n) is 3.99. The number of hydrogen-bond acceptors (Lipinski definition) is 6. The Labute approximate surface area is 157 Å². The van der Waals surface area contributed by atoms with E-state index in [2.05, 4.69) is 0 Å². The first-order valence-electron chi connectivity index (χ1n) is 9.09. The van der Waals surface area contributed by atoms with Crippen molar-refractivity contribution in [2.45, 2.75) is 38.0 Å². The summed E-state index contributed by atoms with van der Waals surface area (Å²) in [5.41, 5.74) is 1.01. The fraction of sp³-hybridized carbons (Fsp3) is 0.381. The van der Waals surface area contributed by atoms with Crippen LogP contribution in [0.15, 0.2) is 36.4 Å². The van der Waals surface area contributed by atoms with Gasteiger partial charge in [-0.05, 0) is 68.0 Å². The maximum Gasteiger partial charge on any atom is 0.308 e. The second-order valence-corrected chi connectivity index (χ2v) is 7.02. The van der Waals surface area contributed by atoms with Crippen molar-refractivity contribution in [3.05, 3.63) is 47.5 Å². The zero-order chi connectivity index (χ0) is 19.6. The molecule has 0 spiro atoms. The quantitative estimate of drug-likeness (QED) is 0.483. The van der Waals surface area contributed by atoms with Crippen molar-refractivity contribution in [3.63, 3.8) is 0 Å². The smallest absolute Gasteiger partial charge is 0.308 e. The molecule has 0 aromatic heterocycles. The van der Waals surface area contributed by atoms with Crippen molar-refractivity contribution in [3.8, 4) is 23.0 Å². The van der Waals surface area contributed by atoms with Gasteiger partial charge >= 0.3 is 5.97 Å². The molecular weight excluding hydrogens is 348 g/mol. The third-order valence-electron chi connectivity index (χ3n) is 5.52. The van der Waals surface area contributed by atoms with E-state index < -0.39 is 5.41 Å². The molecule has 4 N–H and O–H groups in total. The summed E-state index contributed by atoms with van der Waals surface area (Å²) in [5.74, 6) is -1.24. The Balaban J connectivity index is 2.01. The van der Waals surface area contributed by atoms with Crippen LogP contribution in [0.5, 0.6) is 23.0 Å². The van der Waals surface area contributed by atoms with Crippen LogP contribution in [-0.4, -0.2) is 33.0 Å². The number of phenolic OH excluding ortho intramolecular Hbond substituents is 4. The molecule has 1 aliphatic rings. The number of rotatable bonds is 4. The van der Waals surface area contributed by atoms with E-state index >= 15 is 0 Å². The molecule has 0 amide bonds. The van der Waals surface area contributed by atoms with E-state index in [0.717, 1.165) is 11.1 Å². The molecule has 6 heteroatoms. The predicted octanol–water partition coefficient (Wildman–Crippen LogP) is 3.55. The highest BCUT2D eigenvalue weighted by atomic mass is 16.5. The van der Waals surface area contributed by atoms with E-state index in [1.54, 1.807) is 19.1 Å². The summed E-state index contributed by atoms with van der Waals surface area (Å²) in [6.45, 7) is 2.13. The summed E-state index contributed by atoms with van der Waals surface area (Å²) in [4.78, 5) is 12.1. The highest BCUT2D eigenvalue weighted by Gasteiger charge is 2.41. The van der Waals surface area contributed by atoms with E-state index in [1.807, 2.05) is 0 Å². The molecule has 0 atom stereocenters. The Hall–Kier alpha value is -2.89. The molecule has 0 radical (unpaired) electrons. The van der Waals surface area contributed by atoms with Crippen molar-refractivity contribution in [2.24, 2.45) is 5.92 Å². The minimum atomic E-state index is -0.556. The molecule has 0 unspecified atom stereocenters. The summed E-state index contributed by atoms with van der Waals surface area (Å²) < 4.78 is 5.15. The average Bonchev–Trinajstić information content (AvgIpc) is 2.66. The zero-order valence-electron chi connectivity index (χ0n) is 15.2. The number of esters is 1. The molecule has 0 heterocycles. The molecule has 3 rings (SSSR count). The van der Waals surface area contributed by atoms with E-state index in [0.29, 0.717) is 32.3 Å². The summed E-state index contributed by atoms with van der Waals surface area (Å²) in [6.07, 6.45) is 2.40. The number of benzene rings is 2. The van der Waals surface area contributed by atoms with E-state index in [4.69, 9.17) is 4.74 Å². The number of hydrogen-bond donors (Lipinski definition) is 4. The van der Waals surface area contributed by atoms with E-state index in [9.17, 15) is 25.2 Å². The largest absolute Gasteiger partial charge is 0.504 e. The first-order valence-corrected chi connectivity index (χ1v) is 9.09. The Kier molecular flexibility index (Phi) is 5.17. The minimum Gasteiger partial charge on any atom is -0.504 e. The second kappa shape index (κ2) is 7.39. The molecule has 0 bridgehead atoms. The van der Waals surface area contributed by atoms with Crippen LogP contribution in [-0.2, 0) is 14.9 Å².